The van der Waals surface area contributed by atoms with Gasteiger partial charge in [0.05, 0.1) is 12.5 Å². The fourth-order valence-corrected chi connectivity index (χ4v) is 2.21. The molecule has 2 unspecified atom stereocenters. The Morgan fingerprint density at radius 2 is 2.06 bits per heavy atom. The molecule has 1 saturated heterocycles. The Kier molecular flexibility index (Phi) is 5.59. The van der Waals surface area contributed by atoms with E-state index in [2.05, 4.69) is 12.2 Å². The molecule has 5 nitrogen and oxygen atoms in total. The van der Waals surface area contributed by atoms with Crippen LogP contribution in [-0.2, 0) is 14.3 Å². The Labute approximate surface area is 109 Å². The van der Waals surface area contributed by atoms with Crippen molar-refractivity contribution in [2.45, 2.75) is 33.7 Å². The fraction of sp³-hybridized carbons (Fsp3) is 0.846. The van der Waals surface area contributed by atoms with Crippen LogP contribution in [0.25, 0.3) is 0 Å². The summed E-state index contributed by atoms with van der Waals surface area (Å²) < 4.78 is 4.91. The minimum Gasteiger partial charge on any atom is -0.465 e. The number of esters is 1. The number of nitrogens with zero attached hydrogens (tertiary/aromatic N) is 1. The van der Waals surface area contributed by atoms with Crippen LogP contribution in [0.5, 0.6) is 0 Å². The van der Waals surface area contributed by atoms with E-state index in [0.29, 0.717) is 19.1 Å². The lowest BCUT2D eigenvalue weighted by Crippen LogP contribution is -2.45. The summed E-state index contributed by atoms with van der Waals surface area (Å²) >= 11 is 0. The zero-order chi connectivity index (χ0) is 13.7. The maximum absolute atomic E-state index is 12.4. The topological polar surface area (TPSA) is 58.6 Å². The lowest BCUT2D eigenvalue weighted by atomic mass is 9.96. The van der Waals surface area contributed by atoms with Gasteiger partial charge in [0.15, 0.2) is 0 Å². The summed E-state index contributed by atoms with van der Waals surface area (Å²) in [6.45, 7) is 9.63. The molecule has 0 aliphatic carbocycles. The maximum atomic E-state index is 12.4. The fourth-order valence-electron chi connectivity index (χ4n) is 2.21. The molecule has 1 heterocycles. The number of ether oxygens (including phenoxy) is 1. The van der Waals surface area contributed by atoms with Gasteiger partial charge in [0, 0.05) is 12.6 Å². The van der Waals surface area contributed by atoms with E-state index in [0.717, 1.165) is 6.54 Å². The molecule has 0 aromatic rings. The quantitative estimate of drug-likeness (QED) is 0.733. The molecule has 0 aromatic heterocycles. The van der Waals surface area contributed by atoms with Crippen LogP contribution >= 0.6 is 0 Å². The highest BCUT2D eigenvalue weighted by atomic mass is 16.5. The standard InChI is InChI=1S/C13H24N2O3/c1-5-18-12(16)8-15(9(2)3)13(17)11-7-14-6-10(11)4/h9-11,14H,5-8H2,1-4H3. The van der Waals surface area contributed by atoms with Crippen molar-refractivity contribution in [3.8, 4) is 0 Å². The first-order valence-corrected chi connectivity index (χ1v) is 6.64. The van der Waals surface area contributed by atoms with Gasteiger partial charge in [0.2, 0.25) is 5.91 Å². The first-order valence-electron chi connectivity index (χ1n) is 6.64. The molecule has 1 rings (SSSR count). The highest BCUT2D eigenvalue weighted by Crippen LogP contribution is 2.19. The Bertz CT molecular complexity index is 305. The second-order valence-electron chi connectivity index (χ2n) is 5.11. The molecule has 2 atom stereocenters. The largest absolute Gasteiger partial charge is 0.465 e. The van der Waals surface area contributed by atoms with E-state index in [9.17, 15) is 9.59 Å². The van der Waals surface area contributed by atoms with Crippen LogP contribution in [0, 0.1) is 11.8 Å². The molecule has 1 N–H and O–H groups in total. The molecular weight excluding hydrogens is 232 g/mol. The van der Waals surface area contributed by atoms with Crippen LogP contribution in [0.2, 0.25) is 0 Å². The van der Waals surface area contributed by atoms with Crippen molar-refractivity contribution < 1.29 is 14.3 Å². The lowest BCUT2D eigenvalue weighted by Gasteiger charge is -2.29. The number of carbonyl (C=O) groups is 2. The molecule has 0 radical (unpaired) electrons. The molecule has 1 aliphatic rings. The van der Waals surface area contributed by atoms with E-state index >= 15 is 0 Å². The van der Waals surface area contributed by atoms with Gasteiger partial charge in [-0.1, -0.05) is 6.92 Å². The van der Waals surface area contributed by atoms with Crippen molar-refractivity contribution >= 4 is 11.9 Å². The monoisotopic (exact) mass is 256 g/mol. The van der Waals surface area contributed by atoms with Gasteiger partial charge in [-0.05, 0) is 33.2 Å². The predicted molar refractivity (Wildman–Crippen MR) is 69.0 cm³/mol. The number of hydrogen-bond donors (Lipinski definition) is 1. The molecule has 1 amide bonds. The van der Waals surface area contributed by atoms with Gasteiger partial charge in [0.25, 0.3) is 0 Å². The van der Waals surface area contributed by atoms with E-state index in [4.69, 9.17) is 4.74 Å². The van der Waals surface area contributed by atoms with Crippen LogP contribution in [0.15, 0.2) is 0 Å². The molecule has 0 aromatic carbocycles. The van der Waals surface area contributed by atoms with E-state index in [1.165, 1.54) is 0 Å². The first kappa shape index (κ1) is 15.0. The van der Waals surface area contributed by atoms with Gasteiger partial charge in [-0.2, -0.15) is 0 Å². The van der Waals surface area contributed by atoms with Crippen molar-refractivity contribution in [2.24, 2.45) is 11.8 Å². The normalized spacial score (nSPS) is 23.2. The minimum atomic E-state index is -0.335. The van der Waals surface area contributed by atoms with Gasteiger partial charge in [0.1, 0.15) is 6.54 Å². The summed E-state index contributed by atoms with van der Waals surface area (Å²) in [5, 5.41) is 3.21. The summed E-state index contributed by atoms with van der Waals surface area (Å²) in [5.41, 5.74) is 0. The lowest BCUT2D eigenvalue weighted by molar-refractivity contribution is -0.151. The van der Waals surface area contributed by atoms with Gasteiger partial charge < -0.3 is 15.0 Å². The van der Waals surface area contributed by atoms with Crippen LogP contribution in [-0.4, -0.2) is 49.1 Å². The molecule has 0 spiro atoms. The minimum absolute atomic E-state index is 0.00899. The zero-order valence-corrected chi connectivity index (χ0v) is 11.7. The summed E-state index contributed by atoms with van der Waals surface area (Å²) in [7, 11) is 0. The number of amides is 1. The molecule has 0 saturated carbocycles. The van der Waals surface area contributed by atoms with Gasteiger partial charge in [-0.3, -0.25) is 9.59 Å². The van der Waals surface area contributed by atoms with Crippen LogP contribution in [0.1, 0.15) is 27.7 Å². The average molecular weight is 256 g/mol. The second kappa shape index (κ2) is 6.73. The van der Waals surface area contributed by atoms with Crippen molar-refractivity contribution in [1.29, 1.82) is 0 Å². The first-order chi connectivity index (χ1) is 8.47. The summed E-state index contributed by atoms with van der Waals surface area (Å²) in [6, 6.07) is 0.00899. The Hall–Kier alpha value is -1.10. The van der Waals surface area contributed by atoms with E-state index < -0.39 is 0 Å². The maximum Gasteiger partial charge on any atom is 0.325 e. The number of hydrogen-bond acceptors (Lipinski definition) is 4. The van der Waals surface area contributed by atoms with Gasteiger partial charge in [-0.15, -0.1) is 0 Å². The molecule has 0 bridgehead atoms. The molecule has 1 aliphatic heterocycles. The highest BCUT2D eigenvalue weighted by Gasteiger charge is 2.34. The molecule has 18 heavy (non-hydrogen) atoms. The molecule has 1 fully saturated rings. The summed E-state index contributed by atoms with van der Waals surface area (Å²) in [6.07, 6.45) is 0. The third-order valence-electron chi connectivity index (χ3n) is 3.35. The third-order valence-corrected chi connectivity index (χ3v) is 3.35. The van der Waals surface area contributed by atoms with Crippen LogP contribution < -0.4 is 5.32 Å². The highest BCUT2D eigenvalue weighted by molar-refractivity contribution is 5.84. The van der Waals surface area contributed by atoms with Crippen molar-refractivity contribution in [1.82, 2.24) is 10.2 Å². The summed E-state index contributed by atoms with van der Waals surface area (Å²) in [4.78, 5) is 25.6. The predicted octanol–water partition coefficient (Wildman–Crippen LogP) is 0.642. The van der Waals surface area contributed by atoms with Crippen molar-refractivity contribution in [3.05, 3.63) is 0 Å². The third kappa shape index (κ3) is 3.70. The Morgan fingerprint density at radius 3 is 2.50 bits per heavy atom. The zero-order valence-electron chi connectivity index (χ0n) is 11.7. The smallest absolute Gasteiger partial charge is 0.325 e. The van der Waals surface area contributed by atoms with Crippen LogP contribution in [0.3, 0.4) is 0 Å². The Balaban J connectivity index is 2.66. The van der Waals surface area contributed by atoms with Crippen molar-refractivity contribution in [2.75, 3.05) is 26.2 Å². The van der Waals surface area contributed by atoms with Crippen molar-refractivity contribution in [3.63, 3.8) is 0 Å². The van der Waals surface area contributed by atoms with Crippen LogP contribution in [0.4, 0.5) is 0 Å². The summed E-state index contributed by atoms with van der Waals surface area (Å²) in [5.74, 6) is 0.0106. The molecule has 104 valence electrons. The molecule has 5 heteroatoms. The molecular formula is C13H24N2O3. The Morgan fingerprint density at radius 1 is 1.39 bits per heavy atom. The number of carbonyl (C=O) groups excluding carboxylic acids is 2. The van der Waals surface area contributed by atoms with Gasteiger partial charge >= 0.3 is 5.97 Å². The van der Waals surface area contributed by atoms with E-state index in [-0.39, 0.29) is 30.4 Å². The average Bonchev–Trinajstić information content (AvgIpc) is 2.71. The number of rotatable bonds is 5. The SMILES string of the molecule is CCOC(=O)CN(C(=O)C1CNCC1C)C(C)C. The van der Waals surface area contributed by atoms with E-state index in [1.807, 2.05) is 13.8 Å². The van der Waals surface area contributed by atoms with E-state index in [1.54, 1.807) is 11.8 Å². The number of nitrogens with one attached hydrogen (secondary N) is 1. The second-order valence-corrected chi connectivity index (χ2v) is 5.11. The van der Waals surface area contributed by atoms with Gasteiger partial charge in [-0.25, -0.2) is 0 Å².